The van der Waals surface area contributed by atoms with Gasteiger partial charge in [0.05, 0.1) is 18.4 Å². The fourth-order valence-electron chi connectivity index (χ4n) is 4.07. The van der Waals surface area contributed by atoms with Gasteiger partial charge in [-0.25, -0.2) is 4.98 Å². The normalized spacial score (nSPS) is 12.7. The Morgan fingerprint density at radius 1 is 1.10 bits per heavy atom. The number of benzene rings is 1. The van der Waals surface area contributed by atoms with Gasteiger partial charge < -0.3 is 9.30 Å². The summed E-state index contributed by atoms with van der Waals surface area (Å²) < 4.78 is 7.25. The Morgan fingerprint density at radius 2 is 1.93 bits per heavy atom. The Hall–Kier alpha value is -3.25. The number of ether oxygens (including phenoxy) is 1. The van der Waals surface area contributed by atoms with Gasteiger partial charge in [-0.15, -0.1) is 11.3 Å². The second-order valence-electron chi connectivity index (χ2n) is 7.44. The Morgan fingerprint density at radius 3 is 2.67 bits per heavy atom. The fraction of sp³-hybridized carbons (Fsp3) is 0.208. The van der Waals surface area contributed by atoms with Crippen molar-refractivity contribution in [3.63, 3.8) is 0 Å². The molecule has 0 saturated heterocycles. The summed E-state index contributed by atoms with van der Waals surface area (Å²) in [5.74, 6) is 0.802. The van der Waals surface area contributed by atoms with Crippen LogP contribution < -0.4 is 10.3 Å². The molecule has 0 spiro atoms. The first-order chi connectivity index (χ1) is 14.7. The van der Waals surface area contributed by atoms with Gasteiger partial charge in [0.1, 0.15) is 10.8 Å². The maximum Gasteiger partial charge on any atom is 0.261 e. The minimum absolute atomic E-state index is 0.00770. The van der Waals surface area contributed by atoms with E-state index >= 15 is 0 Å². The van der Waals surface area contributed by atoms with E-state index < -0.39 is 0 Å². The van der Waals surface area contributed by atoms with Gasteiger partial charge in [-0.1, -0.05) is 12.1 Å². The first-order valence-corrected chi connectivity index (χ1v) is 10.8. The predicted molar refractivity (Wildman–Crippen MR) is 120 cm³/mol. The van der Waals surface area contributed by atoms with E-state index in [9.17, 15) is 4.79 Å². The molecule has 0 aliphatic carbocycles. The van der Waals surface area contributed by atoms with Crippen molar-refractivity contribution in [1.82, 2.24) is 14.5 Å². The molecule has 0 radical (unpaired) electrons. The van der Waals surface area contributed by atoms with E-state index in [0.29, 0.717) is 12.1 Å². The molecule has 30 heavy (non-hydrogen) atoms. The van der Waals surface area contributed by atoms with E-state index in [0.717, 1.165) is 51.7 Å². The van der Waals surface area contributed by atoms with Crippen LogP contribution in [0.15, 0.2) is 59.0 Å². The topological polar surface area (TPSA) is 57.0 Å². The van der Waals surface area contributed by atoms with Crippen LogP contribution in [0.25, 0.3) is 33.0 Å². The monoisotopic (exact) mass is 415 g/mol. The number of pyridine rings is 2. The number of hydrogen-bond acceptors (Lipinski definition) is 5. The molecule has 0 saturated carbocycles. The lowest BCUT2D eigenvalue weighted by molar-refractivity contribution is 0.415. The van der Waals surface area contributed by atoms with Crippen LogP contribution in [-0.4, -0.2) is 21.6 Å². The highest BCUT2D eigenvalue weighted by Crippen LogP contribution is 2.38. The zero-order chi connectivity index (χ0) is 20.7. The highest BCUT2D eigenvalue weighted by Gasteiger charge is 2.23. The van der Waals surface area contributed by atoms with Gasteiger partial charge in [-0.3, -0.25) is 9.78 Å². The van der Waals surface area contributed by atoms with Crippen molar-refractivity contribution in [3.8, 4) is 38.7 Å². The summed E-state index contributed by atoms with van der Waals surface area (Å²) in [7, 11) is 1.66. The van der Waals surface area contributed by atoms with Gasteiger partial charge in [-0.05, 0) is 55.2 Å². The Kier molecular flexibility index (Phi) is 4.71. The average molecular weight is 416 g/mol. The molecule has 0 fully saturated rings. The van der Waals surface area contributed by atoms with E-state index in [1.54, 1.807) is 7.11 Å². The van der Waals surface area contributed by atoms with Crippen molar-refractivity contribution in [2.45, 2.75) is 26.3 Å². The van der Waals surface area contributed by atoms with Gasteiger partial charge in [0.2, 0.25) is 0 Å². The standard InChI is InChI=1S/C24H21N3O2S/c1-15-14-30-23(26-15)20-12-19(17-5-7-18(29-2)8-6-17)22-21-13-25-10-9-16(21)4-3-11-27(22)24(20)28/h5-10,12-14H,3-4,11H2,1-2H3. The van der Waals surface area contributed by atoms with Crippen LogP contribution in [0.5, 0.6) is 5.75 Å². The van der Waals surface area contributed by atoms with Crippen molar-refractivity contribution >= 4 is 11.3 Å². The summed E-state index contributed by atoms with van der Waals surface area (Å²) >= 11 is 1.51. The maximum absolute atomic E-state index is 13.6. The van der Waals surface area contributed by atoms with Crippen LogP contribution in [0.3, 0.4) is 0 Å². The first-order valence-electron chi connectivity index (χ1n) is 9.94. The molecule has 1 aliphatic heterocycles. The van der Waals surface area contributed by atoms with Crippen LogP contribution in [-0.2, 0) is 13.0 Å². The van der Waals surface area contributed by atoms with Crippen molar-refractivity contribution in [2.75, 3.05) is 7.11 Å². The van der Waals surface area contributed by atoms with Crippen molar-refractivity contribution in [3.05, 3.63) is 75.8 Å². The number of aryl methyl sites for hydroxylation is 2. The molecule has 0 unspecified atom stereocenters. The fourth-order valence-corrected chi connectivity index (χ4v) is 4.88. The number of fused-ring (bicyclic) bond motifs is 3. The van der Waals surface area contributed by atoms with Crippen LogP contribution in [0, 0.1) is 6.92 Å². The average Bonchev–Trinajstić information content (AvgIpc) is 3.11. The second-order valence-corrected chi connectivity index (χ2v) is 8.29. The molecule has 3 aromatic heterocycles. The van der Waals surface area contributed by atoms with E-state index in [1.165, 1.54) is 16.9 Å². The largest absolute Gasteiger partial charge is 0.497 e. The van der Waals surface area contributed by atoms with Crippen LogP contribution in [0.4, 0.5) is 0 Å². The summed E-state index contributed by atoms with van der Waals surface area (Å²) in [5.41, 5.74) is 6.81. The van der Waals surface area contributed by atoms with Crippen LogP contribution in [0.1, 0.15) is 17.7 Å². The number of aromatic nitrogens is 3. The number of rotatable bonds is 3. The summed E-state index contributed by atoms with van der Waals surface area (Å²) in [6.45, 7) is 2.62. The summed E-state index contributed by atoms with van der Waals surface area (Å²) in [4.78, 5) is 22.5. The maximum atomic E-state index is 13.6. The number of hydrogen-bond donors (Lipinski definition) is 0. The highest BCUT2D eigenvalue weighted by molar-refractivity contribution is 7.13. The van der Waals surface area contributed by atoms with Gasteiger partial charge >= 0.3 is 0 Å². The predicted octanol–water partition coefficient (Wildman–Crippen LogP) is 4.96. The minimum Gasteiger partial charge on any atom is -0.497 e. The molecular formula is C24H21N3O2S. The highest BCUT2D eigenvalue weighted by atomic mass is 32.1. The molecule has 150 valence electrons. The molecule has 4 aromatic rings. The Balaban J connectivity index is 1.85. The van der Waals surface area contributed by atoms with E-state index in [1.807, 2.05) is 59.6 Å². The molecule has 0 amide bonds. The molecule has 0 atom stereocenters. The zero-order valence-electron chi connectivity index (χ0n) is 16.9. The quantitative estimate of drug-likeness (QED) is 0.474. The summed E-state index contributed by atoms with van der Waals surface area (Å²) in [5, 5.41) is 2.75. The van der Waals surface area contributed by atoms with Crippen molar-refractivity contribution < 1.29 is 4.74 Å². The third kappa shape index (κ3) is 3.13. The first kappa shape index (κ1) is 18.8. The van der Waals surface area contributed by atoms with E-state index in [-0.39, 0.29) is 5.56 Å². The Bertz CT molecular complexity index is 1290. The SMILES string of the molecule is COc1ccc(-c2cc(-c3nc(C)cs3)c(=O)n3c2-c2cnccc2CCC3)cc1. The number of thiazole rings is 1. The van der Waals surface area contributed by atoms with E-state index in [2.05, 4.69) is 16.0 Å². The van der Waals surface area contributed by atoms with Gasteiger partial charge in [0.25, 0.3) is 5.56 Å². The third-order valence-corrected chi connectivity index (χ3v) is 6.53. The lowest BCUT2D eigenvalue weighted by Crippen LogP contribution is -2.23. The molecule has 1 aliphatic rings. The molecule has 1 aromatic carbocycles. The zero-order valence-corrected chi connectivity index (χ0v) is 17.7. The number of nitrogens with zero attached hydrogens (tertiary/aromatic N) is 3. The molecule has 0 bridgehead atoms. The molecular weight excluding hydrogens is 394 g/mol. The molecule has 5 rings (SSSR count). The third-order valence-electron chi connectivity index (χ3n) is 5.53. The Labute approximate surface area is 178 Å². The van der Waals surface area contributed by atoms with E-state index in [4.69, 9.17) is 4.74 Å². The second kappa shape index (κ2) is 7.54. The van der Waals surface area contributed by atoms with Crippen molar-refractivity contribution in [1.29, 1.82) is 0 Å². The number of methoxy groups -OCH3 is 1. The smallest absolute Gasteiger partial charge is 0.261 e. The van der Waals surface area contributed by atoms with Gasteiger partial charge in [0.15, 0.2) is 0 Å². The van der Waals surface area contributed by atoms with Gasteiger partial charge in [0, 0.05) is 41.1 Å². The van der Waals surface area contributed by atoms with Gasteiger partial charge in [-0.2, -0.15) is 0 Å². The lowest BCUT2D eigenvalue weighted by atomic mass is 9.95. The molecule has 4 heterocycles. The lowest BCUT2D eigenvalue weighted by Gasteiger charge is -2.18. The minimum atomic E-state index is 0.00770. The summed E-state index contributed by atoms with van der Waals surface area (Å²) in [6.07, 6.45) is 5.54. The molecule has 0 N–H and O–H groups in total. The van der Waals surface area contributed by atoms with Crippen LogP contribution in [0.2, 0.25) is 0 Å². The van der Waals surface area contributed by atoms with Crippen LogP contribution >= 0.6 is 11.3 Å². The van der Waals surface area contributed by atoms with Crippen molar-refractivity contribution in [2.24, 2.45) is 0 Å². The molecule has 5 nitrogen and oxygen atoms in total. The summed E-state index contributed by atoms with van der Waals surface area (Å²) in [6, 6.07) is 12.0. The molecule has 6 heteroatoms.